The maximum Gasteiger partial charge on any atom is 0.303 e. The number of rotatable bonds is 5. The van der Waals surface area contributed by atoms with Crippen LogP contribution in [-0.2, 0) is 30.3 Å². The highest BCUT2D eigenvalue weighted by atomic mass is 16.6. The monoisotopic (exact) mass is 412 g/mol. The molecule has 1 aromatic heterocycles. The number of esters is 2. The van der Waals surface area contributed by atoms with Gasteiger partial charge in [-0.25, -0.2) is 0 Å². The molecule has 7 nitrogen and oxygen atoms in total. The molecule has 0 spiro atoms. The molecule has 2 fully saturated rings. The van der Waals surface area contributed by atoms with Crippen LogP contribution < -0.4 is 0 Å². The number of piperidine rings is 1. The highest BCUT2D eigenvalue weighted by Crippen LogP contribution is 2.37. The molecule has 1 saturated carbocycles. The number of hydrogen-bond donors (Lipinski definition) is 1. The molecule has 160 valence electrons. The van der Waals surface area contributed by atoms with E-state index in [9.17, 15) is 14.4 Å². The van der Waals surface area contributed by atoms with Crippen molar-refractivity contribution in [2.45, 2.75) is 51.7 Å². The van der Waals surface area contributed by atoms with Gasteiger partial charge in [0.2, 0.25) is 5.91 Å². The number of carbonyl (C=O) groups excluding carboxylic acids is 3. The molecule has 2 aliphatic rings. The highest BCUT2D eigenvalue weighted by Gasteiger charge is 2.44. The van der Waals surface area contributed by atoms with E-state index >= 15 is 0 Å². The summed E-state index contributed by atoms with van der Waals surface area (Å²) in [4.78, 5) is 41.5. The maximum absolute atomic E-state index is 13.1. The second-order valence-corrected chi connectivity index (χ2v) is 8.46. The van der Waals surface area contributed by atoms with Crippen LogP contribution in [0.1, 0.15) is 38.7 Å². The van der Waals surface area contributed by atoms with Gasteiger partial charge in [0.25, 0.3) is 0 Å². The Balaban J connectivity index is 1.48. The summed E-state index contributed by atoms with van der Waals surface area (Å²) in [6.07, 6.45) is 3.47. The Kier molecular flexibility index (Phi) is 5.79. The molecule has 1 aliphatic heterocycles. The first-order valence-electron chi connectivity index (χ1n) is 10.6. The highest BCUT2D eigenvalue weighted by molar-refractivity contribution is 5.83. The van der Waals surface area contributed by atoms with Gasteiger partial charge in [0, 0.05) is 50.0 Å². The summed E-state index contributed by atoms with van der Waals surface area (Å²) >= 11 is 0. The normalized spacial score (nSPS) is 26.3. The number of fused-ring (bicyclic) bond motifs is 3. The Labute approximate surface area is 175 Å². The van der Waals surface area contributed by atoms with E-state index in [1.807, 2.05) is 29.3 Å². The number of benzene rings is 1. The van der Waals surface area contributed by atoms with E-state index in [-0.39, 0.29) is 17.7 Å². The lowest BCUT2D eigenvalue weighted by Gasteiger charge is -2.36. The summed E-state index contributed by atoms with van der Waals surface area (Å²) in [6, 6.07) is 8.15. The lowest BCUT2D eigenvalue weighted by molar-refractivity contribution is -0.166. The quantitative estimate of drug-likeness (QED) is 0.763. The van der Waals surface area contributed by atoms with Crippen molar-refractivity contribution in [2.24, 2.45) is 11.8 Å². The van der Waals surface area contributed by atoms with Crippen molar-refractivity contribution < 1.29 is 23.9 Å². The van der Waals surface area contributed by atoms with Crippen LogP contribution in [0.25, 0.3) is 10.9 Å². The van der Waals surface area contributed by atoms with E-state index in [0.29, 0.717) is 25.9 Å². The average molecular weight is 412 g/mol. The zero-order valence-electron chi connectivity index (χ0n) is 17.4. The third-order valence-corrected chi connectivity index (χ3v) is 6.22. The van der Waals surface area contributed by atoms with Crippen molar-refractivity contribution in [3.8, 4) is 0 Å². The van der Waals surface area contributed by atoms with Crippen molar-refractivity contribution >= 4 is 28.7 Å². The topological polar surface area (TPSA) is 88.7 Å². The van der Waals surface area contributed by atoms with Gasteiger partial charge in [-0.2, -0.15) is 0 Å². The zero-order chi connectivity index (χ0) is 21.3. The van der Waals surface area contributed by atoms with Crippen molar-refractivity contribution in [1.29, 1.82) is 0 Å². The summed E-state index contributed by atoms with van der Waals surface area (Å²) in [5.74, 6) is -0.697. The standard InChI is InChI=1S/C23H28N2O5/c1-14(26)29-21-10-16-9-18(11-22(21)30-15(2)27)23(28)25(13-16)8-7-17-12-24-20-6-4-3-5-19(17)20/h3-6,12,16,18,21-22,24H,7-11,13H2,1-2H3/t16-,18+,21+,22-/m0/s1. The number of nitrogens with zero attached hydrogens (tertiary/aromatic N) is 1. The van der Waals surface area contributed by atoms with Crippen LogP contribution in [0.15, 0.2) is 30.5 Å². The van der Waals surface area contributed by atoms with Gasteiger partial charge in [-0.05, 0) is 43.2 Å². The van der Waals surface area contributed by atoms with Crippen molar-refractivity contribution in [2.75, 3.05) is 13.1 Å². The fourth-order valence-corrected chi connectivity index (χ4v) is 4.99. The number of amides is 1. The van der Waals surface area contributed by atoms with Crippen molar-refractivity contribution in [1.82, 2.24) is 9.88 Å². The lowest BCUT2D eigenvalue weighted by atomic mass is 9.87. The molecule has 1 aliphatic carbocycles. The summed E-state index contributed by atoms with van der Waals surface area (Å²) in [5, 5.41) is 1.18. The molecule has 0 radical (unpaired) electrons. The van der Waals surface area contributed by atoms with Gasteiger partial charge in [-0.1, -0.05) is 18.2 Å². The van der Waals surface area contributed by atoms with Crippen molar-refractivity contribution in [3.63, 3.8) is 0 Å². The first kappa shape index (κ1) is 20.4. The Hall–Kier alpha value is -2.83. The molecule has 4 atom stereocenters. The molecule has 1 amide bonds. The molecule has 2 aromatic rings. The number of aromatic amines is 1. The molecule has 1 saturated heterocycles. The number of H-pyrrole nitrogens is 1. The fourth-order valence-electron chi connectivity index (χ4n) is 4.99. The Morgan fingerprint density at radius 1 is 1.07 bits per heavy atom. The molecular formula is C23H28N2O5. The number of aromatic nitrogens is 1. The molecule has 4 rings (SSSR count). The predicted octanol–water partition coefficient (Wildman–Crippen LogP) is 2.83. The predicted molar refractivity (Wildman–Crippen MR) is 111 cm³/mol. The van der Waals surface area contributed by atoms with Gasteiger partial charge >= 0.3 is 11.9 Å². The Bertz CT molecular complexity index is 952. The van der Waals surface area contributed by atoms with Gasteiger partial charge in [0.05, 0.1) is 0 Å². The minimum atomic E-state index is -0.570. The van der Waals surface area contributed by atoms with Crippen LogP contribution in [-0.4, -0.2) is 53.0 Å². The number of carbonyl (C=O) groups is 3. The van der Waals surface area contributed by atoms with E-state index in [4.69, 9.17) is 9.47 Å². The van der Waals surface area contributed by atoms with Crippen LogP contribution in [0, 0.1) is 11.8 Å². The minimum Gasteiger partial charge on any atom is -0.459 e. The number of para-hydroxylation sites is 1. The number of ether oxygens (including phenoxy) is 2. The van der Waals surface area contributed by atoms with E-state index in [1.54, 1.807) is 0 Å². The van der Waals surface area contributed by atoms with Crippen LogP contribution in [0.4, 0.5) is 0 Å². The van der Waals surface area contributed by atoms with Gasteiger partial charge in [-0.15, -0.1) is 0 Å². The van der Waals surface area contributed by atoms with Gasteiger partial charge in [0.15, 0.2) is 0 Å². The second kappa shape index (κ2) is 8.50. The van der Waals surface area contributed by atoms with Crippen LogP contribution in [0.5, 0.6) is 0 Å². The summed E-state index contributed by atoms with van der Waals surface area (Å²) in [5.41, 5.74) is 2.29. The van der Waals surface area contributed by atoms with Gasteiger partial charge in [-0.3, -0.25) is 14.4 Å². The molecule has 2 heterocycles. The van der Waals surface area contributed by atoms with Crippen molar-refractivity contribution in [3.05, 3.63) is 36.0 Å². The Morgan fingerprint density at radius 3 is 2.50 bits per heavy atom. The number of nitrogens with one attached hydrogen (secondary N) is 1. The molecule has 1 aromatic carbocycles. The maximum atomic E-state index is 13.1. The van der Waals surface area contributed by atoms with E-state index < -0.39 is 24.1 Å². The molecule has 1 N–H and O–H groups in total. The summed E-state index contributed by atoms with van der Waals surface area (Å²) < 4.78 is 10.9. The van der Waals surface area contributed by atoms with E-state index in [2.05, 4.69) is 11.1 Å². The van der Waals surface area contributed by atoms with E-state index in [1.165, 1.54) is 24.8 Å². The smallest absolute Gasteiger partial charge is 0.303 e. The fraction of sp³-hybridized carbons (Fsp3) is 0.522. The van der Waals surface area contributed by atoms with Gasteiger partial charge < -0.3 is 19.4 Å². The molecule has 0 unspecified atom stereocenters. The van der Waals surface area contributed by atoms with Crippen LogP contribution >= 0.6 is 0 Å². The van der Waals surface area contributed by atoms with E-state index in [0.717, 1.165) is 18.4 Å². The summed E-state index contributed by atoms with van der Waals surface area (Å²) in [7, 11) is 0. The van der Waals surface area contributed by atoms with Gasteiger partial charge in [0.1, 0.15) is 12.2 Å². The third kappa shape index (κ3) is 4.35. The summed E-state index contributed by atoms with van der Waals surface area (Å²) in [6.45, 7) is 3.99. The number of likely N-dealkylation sites (tertiary alicyclic amines) is 1. The largest absolute Gasteiger partial charge is 0.459 e. The van der Waals surface area contributed by atoms with Crippen LogP contribution in [0.3, 0.4) is 0 Å². The molecular weight excluding hydrogens is 384 g/mol. The molecule has 2 bridgehead atoms. The molecule has 7 heteroatoms. The first-order chi connectivity index (χ1) is 14.4. The SMILES string of the molecule is CC(=O)O[C@H]1C[C@H]2C[C@@H](C[C@H]1OC(C)=O)CN(CCc1c[nH]c3ccccc13)C2=O. The Morgan fingerprint density at radius 2 is 1.77 bits per heavy atom. The average Bonchev–Trinajstić information content (AvgIpc) is 3.04. The first-order valence-corrected chi connectivity index (χ1v) is 10.6. The third-order valence-electron chi connectivity index (χ3n) is 6.22. The molecule has 30 heavy (non-hydrogen) atoms. The second-order valence-electron chi connectivity index (χ2n) is 8.46. The number of hydrogen-bond acceptors (Lipinski definition) is 5. The lowest BCUT2D eigenvalue weighted by Crippen LogP contribution is -2.45. The van der Waals surface area contributed by atoms with Crippen LogP contribution in [0.2, 0.25) is 0 Å². The zero-order valence-corrected chi connectivity index (χ0v) is 17.4. The minimum absolute atomic E-state index is 0.103.